The molecular weight excluding hydrogens is 358 g/mol. The van der Waals surface area contributed by atoms with E-state index in [1.165, 1.54) is 56.7 Å². The van der Waals surface area contributed by atoms with Crippen molar-refractivity contribution in [2.75, 3.05) is 51.3 Å². The van der Waals surface area contributed by atoms with Crippen LogP contribution in [-0.4, -0.2) is 84.5 Å². The summed E-state index contributed by atoms with van der Waals surface area (Å²) in [6.45, 7) is 6.79. The second-order valence-electron chi connectivity index (χ2n) is 8.23. The predicted molar refractivity (Wildman–Crippen MR) is 114 cm³/mol. The summed E-state index contributed by atoms with van der Waals surface area (Å²) in [4.78, 5) is 20.7. The molecule has 0 aromatic heterocycles. The van der Waals surface area contributed by atoms with E-state index in [-0.39, 0.29) is 5.91 Å². The number of aliphatic imine (C=N–C) groups is 1. The largest absolute Gasteiger partial charge is 0.355 e. The van der Waals surface area contributed by atoms with E-state index in [9.17, 15) is 4.79 Å². The molecule has 0 radical (unpaired) electrons. The lowest BCUT2D eigenvalue weighted by Crippen LogP contribution is -2.60. The number of likely N-dealkylation sites (tertiary alicyclic amines) is 1. The Kier molecular flexibility index (Phi) is 7.70. The number of carbonyl (C=O) groups is 1. The molecule has 0 unspecified atom stereocenters. The first-order valence-electron chi connectivity index (χ1n) is 10.7. The Morgan fingerprint density at radius 1 is 1.11 bits per heavy atom. The summed E-state index contributed by atoms with van der Waals surface area (Å²) in [6.07, 6.45) is 8.68. The van der Waals surface area contributed by atoms with E-state index in [1.807, 2.05) is 11.9 Å². The third kappa shape index (κ3) is 5.53. The standard InChI is InChI=1S/C20H37N5OS/c1-17(26)24-10-6-18(7-11-24)23-19(21-2)22-16-20(8-4-3-5-9-20)25-12-14-27-15-13-25/h18H,3-16H2,1-2H3,(H2,21,22,23). The summed E-state index contributed by atoms with van der Waals surface area (Å²) in [6, 6.07) is 0.403. The van der Waals surface area contributed by atoms with Crippen molar-refractivity contribution in [2.45, 2.75) is 63.5 Å². The van der Waals surface area contributed by atoms with E-state index < -0.39 is 0 Å². The van der Waals surface area contributed by atoms with E-state index in [0.717, 1.165) is 38.4 Å². The fourth-order valence-corrected chi connectivity index (χ4v) is 5.73. The van der Waals surface area contributed by atoms with Gasteiger partial charge < -0.3 is 15.5 Å². The fourth-order valence-electron chi connectivity index (χ4n) is 4.83. The van der Waals surface area contributed by atoms with Gasteiger partial charge in [0.15, 0.2) is 5.96 Å². The number of guanidine groups is 1. The van der Waals surface area contributed by atoms with Crippen LogP contribution in [0.2, 0.25) is 0 Å². The Hall–Kier alpha value is -0.950. The Bertz CT molecular complexity index is 507. The number of rotatable bonds is 4. The summed E-state index contributed by atoms with van der Waals surface area (Å²) >= 11 is 2.09. The van der Waals surface area contributed by atoms with Gasteiger partial charge in [-0.1, -0.05) is 19.3 Å². The molecule has 3 fully saturated rings. The first kappa shape index (κ1) is 20.8. The predicted octanol–water partition coefficient (Wildman–Crippen LogP) is 1.91. The number of nitrogens with one attached hydrogen (secondary N) is 2. The summed E-state index contributed by atoms with van der Waals surface area (Å²) < 4.78 is 0. The summed E-state index contributed by atoms with van der Waals surface area (Å²) in [7, 11) is 1.87. The molecule has 3 aliphatic rings. The molecular formula is C20H37N5OS. The average molecular weight is 396 g/mol. The van der Waals surface area contributed by atoms with Crippen molar-refractivity contribution in [1.29, 1.82) is 0 Å². The van der Waals surface area contributed by atoms with Crippen LogP contribution < -0.4 is 10.6 Å². The van der Waals surface area contributed by atoms with E-state index in [4.69, 9.17) is 0 Å². The van der Waals surface area contributed by atoms with Crippen LogP contribution in [0.25, 0.3) is 0 Å². The molecule has 0 atom stereocenters. The molecule has 0 spiro atoms. The fraction of sp³-hybridized carbons (Fsp3) is 0.900. The SMILES string of the molecule is CN=C(NCC1(N2CCSCC2)CCCCC1)NC1CCN(C(C)=O)CC1. The molecule has 3 rings (SSSR count). The van der Waals surface area contributed by atoms with Crippen molar-refractivity contribution >= 4 is 23.6 Å². The number of thioether (sulfide) groups is 1. The summed E-state index contributed by atoms with van der Waals surface area (Å²) in [5.41, 5.74) is 0.300. The number of carbonyl (C=O) groups excluding carboxylic acids is 1. The normalized spacial score (nSPS) is 25.3. The van der Waals surface area contributed by atoms with E-state index in [2.05, 4.69) is 32.3 Å². The third-order valence-corrected chi connectivity index (χ3v) is 7.50. The van der Waals surface area contributed by atoms with Gasteiger partial charge >= 0.3 is 0 Å². The Labute approximate surface area is 168 Å². The highest BCUT2D eigenvalue weighted by molar-refractivity contribution is 7.99. The molecule has 2 N–H and O–H groups in total. The van der Waals surface area contributed by atoms with Crippen LogP contribution in [0.15, 0.2) is 4.99 Å². The zero-order valence-corrected chi connectivity index (χ0v) is 18.0. The maximum atomic E-state index is 11.5. The van der Waals surface area contributed by atoms with Crippen LogP contribution in [0.1, 0.15) is 51.9 Å². The highest BCUT2D eigenvalue weighted by Crippen LogP contribution is 2.34. The Morgan fingerprint density at radius 3 is 2.37 bits per heavy atom. The topological polar surface area (TPSA) is 60.0 Å². The number of amides is 1. The Morgan fingerprint density at radius 2 is 1.78 bits per heavy atom. The Balaban J connectivity index is 1.53. The minimum Gasteiger partial charge on any atom is -0.355 e. The summed E-state index contributed by atoms with van der Waals surface area (Å²) in [5.74, 6) is 3.65. The monoisotopic (exact) mass is 395 g/mol. The number of hydrogen-bond donors (Lipinski definition) is 2. The zero-order valence-electron chi connectivity index (χ0n) is 17.1. The highest BCUT2D eigenvalue weighted by atomic mass is 32.2. The van der Waals surface area contributed by atoms with Gasteiger partial charge in [-0.05, 0) is 25.7 Å². The maximum Gasteiger partial charge on any atom is 0.219 e. The van der Waals surface area contributed by atoms with Crippen molar-refractivity contribution in [1.82, 2.24) is 20.4 Å². The van der Waals surface area contributed by atoms with Crippen LogP contribution in [-0.2, 0) is 4.79 Å². The van der Waals surface area contributed by atoms with Gasteiger partial charge in [0.05, 0.1) is 0 Å². The number of nitrogens with zero attached hydrogens (tertiary/aromatic N) is 3. The van der Waals surface area contributed by atoms with Crippen LogP contribution in [0.5, 0.6) is 0 Å². The molecule has 2 aliphatic heterocycles. The van der Waals surface area contributed by atoms with Crippen molar-refractivity contribution in [3.05, 3.63) is 0 Å². The molecule has 0 aromatic rings. The van der Waals surface area contributed by atoms with Gasteiger partial charge in [-0.2, -0.15) is 11.8 Å². The van der Waals surface area contributed by atoms with Crippen molar-refractivity contribution < 1.29 is 4.79 Å². The van der Waals surface area contributed by atoms with Crippen molar-refractivity contribution in [3.63, 3.8) is 0 Å². The van der Waals surface area contributed by atoms with E-state index in [1.54, 1.807) is 6.92 Å². The lowest BCUT2D eigenvalue weighted by molar-refractivity contribution is -0.129. The first-order valence-corrected chi connectivity index (χ1v) is 11.8. The third-order valence-electron chi connectivity index (χ3n) is 6.56. The maximum absolute atomic E-state index is 11.5. The van der Waals surface area contributed by atoms with Gasteiger partial charge in [0, 0.05) is 69.8 Å². The quantitative estimate of drug-likeness (QED) is 0.563. The molecule has 0 aromatic carbocycles. The first-order chi connectivity index (χ1) is 13.1. The minimum absolute atomic E-state index is 0.190. The van der Waals surface area contributed by atoms with Gasteiger partial charge in [-0.3, -0.25) is 14.7 Å². The molecule has 27 heavy (non-hydrogen) atoms. The molecule has 6 nitrogen and oxygen atoms in total. The van der Waals surface area contributed by atoms with Gasteiger partial charge in [0.2, 0.25) is 5.91 Å². The van der Waals surface area contributed by atoms with Gasteiger partial charge in [-0.15, -0.1) is 0 Å². The van der Waals surface area contributed by atoms with Crippen LogP contribution in [0.3, 0.4) is 0 Å². The van der Waals surface area contributed by atoms with Gasteiger partial charge in [0.25, 0.3) is 0 Å². The zero-order chi connectivity index (χ0) is 19.1. The summed E-state index contributed by atoms with van der Waals surface area (Å²) in [5, 5.41) is 7.27. The molecule has 1 aliphatic carbocycles. The second-order valence-corrected chi connectivity index (χ2v) is 9.46. The number of hydrogen-bond acceptors (Lipinski definition) is 4. The molecule has 2 saturated heterocycles. The molecule has 1 saturated carbocycles. The smallest absolute Gasteiger partial charge is 0.219 e. The highest BCUT2D eigenvalue weighted by Gasteiger charge is 2.38. The molecule has 7 heteroatoms. The van der Waals surface area contributed by atoms with Crippen molar-refractivity contribution in [2.24, 2.45) is 4.99 Å². The molecule has 0 bridgehead atoms. The van der Waals surface area contributed by atoms with E-state index in [0.29, 0.717) is 11.6 Å². The van der Waals surface area contributed by atoms with Gasteiger partial charge in [-0.25, -0.2) is 0 Å². The molecule has 1 amide bonds. The lowest BCUT2D eigenvalue weighted by atomic mass is 9.80. The van der Waals surface area contributed by atoms with E-state index >= 15 is 0 Å². The molecule has 2 heterocycles. The lowest BCUT2D eigenvalue weighted by Gasteiger charge is -2.48. The number of piperidine rings is 1. The van der Waals surface area contributed by atoms with Gasteiger partial charge in [0.1, 0.15) is 0 Å². The molecule has 154 valence electrons. The van der Waals surface area contributed by atoms with Crippen molar-refractivity contribution in [3.8, 4) is 0 Å². The van der Waals surface area contributed by atoms with Crippen LogP contribution in [0, 0.1) is 0 Å². The van der Waals surface area contributed by atoms with Crippen LogP contribution in [0.4, 0.5) is 0 Å². The second kappa shape index (κ2) is 10.0. The minimum atomic E-state index is 0.190. The van der Waals surface area contributed by atoms with Crippen LogP contribution >= 0.6 is 11.8 Å². The average Bonchev–Trinajstić information content (AvgIpc) is 2.72.